The van der Waals surface area contributed by atoms with Crippen molar-refractivity contribution in [3.8, 4) is 0 Å². The molecule has 1 saturated carbocycles. The van der Waals surface area contributed by atoms with E-state index in [2.05, 4.69) is 0 Å². The highest BCUT2D eigenvalue weighted by molar-refractivity contribution is 5.73. The molecule has 0 atom stereocenters. The van der Waals surface area contributed by atoms with Crippen molar-refractivity contribution >= 4 is 6.03 Å². The van der Waals surface area contributed by atoms with E-state index in [1.165, 1.54) is 24.3 Å². The summed E-state index contributed by atoms with van der Waals surface area (Å²) in [5.74, 6) is 6.36. The van der Waals surface area contributed by atoms with Crippen LogP contribution in [0.5, 0.6) is 0 Å². The zero-order valence-corrected chi connectivity index (χ0v) is 9.20. The SMILES string of the molecule is CCN(CC)C(=O)N(N)CC1CCC1. The molecule has 4 nitrogen and oxygen atoms in total. The maximum atomic E-state index is 11.7. The Hall–Kier alpha value is -0.770. The Bertz CT molecular complexity index is 188. The number of hydrazine groups is 1. The Balaban J connectivity index is 2.33. The van der Waals surface area contributed by atoms with Crippen LogP contribution in [-0.4, -0.2) is 35.6 Å². The predicted octanol–water partition coefficient (Wildman–Crippen LogP) is 1.42. The van der Waals surface area contributed by atoms with Gasteiger partial charge in [0.15, 0.2) is 0 Å². The van der Waals surface area contributed by atoms with Crippen LogP contribution in [0.25, 0.3) is 0 Å². The normalized spacial score (nSPS) is 16.2. The minimum Gasteiger partial charge on any atom is -0.324 e. The summed E-state index contributed by atoms with van der Waals surface area (Å²) in [7, 11) is 0. The summed E-state index contributed by atoms with van der Waals surface area (Å²) in [4.78, 5) is 13.5. The summed E-state index contributed by atoms with van der Waals surface area (Å²) in [5, 5.41) is 1.37. The molecule has 0 aliphatic heterocycles. The number of rotatable bonds is 4. The van der Waals surface area contributed by atoms with Gasteiger partial charge in [-0.15, -0.1) is 0 Å². The fourth-order valence-electron chi connectivity index (χ4n) is 1.71. The number of urea groups is 1. The first-order valence-corrected chi connectivity index (χ1v) is 5.50. The Kier molecular flexibility index (Phi) is 4.20. The fraction of sp³-hybridized carbons (Fsp3) is 0.900. The van der Waals surface area contributed by atoms with Crippen molar-refractivity contribution < 1.29 is 4.79 Å². The van der Waals surface area contributed by atoms with Crippen LogP contribution >= 0.6 is 0 Å². The summed E-state index contributed by atoms with van der Waals surface area (Å²) in [6.45, 7) is 6.12. The minimum absolute atomic E-state index is 0.0399. The van der Waals surface area contributed by atoms with E-state index in [4.69, 9.17) is 5.84 Å². The number of amides is 2. The van der Waals surface area contributed by atoms with Gasteiger partial charge in [-0.2, -0.15) is 0 Å². The van der Waals surface area contributed by atoms with Gasteiger partial charge in [-0.25, -0.2) is 10.6 Å². The molecular formula is C10H21N3O. The van der Waals surface area contributed by atoms with E-state index >= 15 is 0 Å². The van der Waals surface area contributed by atoms with Crippen LogP contribution in [0.1, 0.15) is 33.1 Å². The first kappa shape index (κ1) is 11.3. The molecule has 0 radical (unpaired) electrons. The number of nitrogens with zero attached hydrogens (tertiary/aromatic N) is 2. The lowest BCUT2D eigenvalue weighted by atomic mass is 9.85. The molecule has 0 unspecified atom stereocenters. The summed E-state index contributed by atoms with van der Waals surface area (Å²) in [6, 6.07) is -0.0399. The second-order valence-corrected chi connectivity index (χ2v) is 3.90. The molecule has 0 heterocycles. The number of nitrogens with two attached hydrogens (primary N) is 1. The van der Waals surface area contributed by atoms with Gasteiger partial charge >= 0.3 is 6.03 Å². The van der Waals surface area contributed by atoms with Crippen molar-refractivity contribution in [2.75, 3.05) is 19.6 Å². The molecule has 0 aromatic rings. The van der Waals surface area contributed by atoms with Gasteiger partial charge in [0.2, 0.25) is 0 Å². The van der Waals surface area contributed by atoms with Gasteiger partial charge in [-0.3, -0.25) is 5.01 Å². The third-order valence-corrected chi connectivity index (χ3v) is 2.96. The minimum atomic E-state index is -0.0399. The zero-order chi connectivity index (χ0) is 10.6. The summed E-state index contributed by atoms with van der Waals surface area (Å²) < 4.78 is 0. The molecular weight excluding hydrogens is 178 g/mol. The standard InChI is InChI=1S/C10H21N3O/c1-3-12(4-2)10(14)13(11)8-9-6-5-7-9/h9H,3-8,11H2,1-2H3. The Morgan fingerprint density at radius 2 is 1.93 bits per heavy atom. The molecule has 14 heavy (non-hydrogen) atoms. The molecule has 1 fully saturated rings. The highest BCUT2D eigenvalue weighted by Crippen LogP contribution is 2.26. The molecule has 0 aromatic carbocycles. The van der Waals surface area contributed by atoms with E-state index in [1.54, 1.807) is 4.90 Å². The number of hydrogen-bond donors (Lipinski definition) is 1. The average molecular weight is 199 g/mol. The van der Waals surface area contributed by atoms with E-state index in [0.29, 0.717) is 5.92 Å². The van der Waals surface area contributed by atoms with Crippen LogP contribution in [0, 0.1) is 5.92 Å². The monoisotopic (exact) mass is 199 g/mol. The molecule has 1 rings (SSSR count). The summed E-state index contributed by atoms with van der Waals surface area (Å²) in [5.41, 5.74) is 0. The highest BCUT2D eigenvalue weighted by Gasteiger charge is 2.23. The average Bonchev–Trinajstić information content (AvgIpc) is 2.12. The summed E-state index contributed by atoms with van der Waals surface area (Å²) >= 11 is 0. The molecule has 4 heteroatoms. The number of carbonyl (C=O) groups is 1. The topological polar surface area (TPSA) is 49.6 Å². The largest absolute Gasteiger partial charge is 0.334 e. The number of carbonyl (C=O) groups excluding carboxylic acids is 1. The Morgan fingerprint density at radius 3 is 2.29 bits per heavy atom. The quantitative estimate of drug-likeness (QED) is 0.423. The van der Waals surface area contributed by atoms with E-state index in [0.717, 1.165) is 19.6 Å². The van der Waals surface area contributed by atoms with Crippen molar-refractivity contribution in [3.63, 3.8) is 0 Å². The van der Waals surface area contributed by atoms with Crippen molar-refractivity contribution in [1.29, 1.82) is 0 Å². The lowest BCUT2D eigenvalue weighted by Gasteiger charge is -2.32. The van der Waals surface area contributed by atoms with Gasteiger partial charge in [0.1, 0.15) is 0 Å². The molecule has 0 aromatic heterocycles. The molecule has 2 amide bonds. The van der Waals surface area contributed by atoms with Crippen molar-refractivity contribution in [2.45, 2.75) is 33.1 Å². The van der Waals surface area contributed by atoms with Gasteiger partial charge < -0.3 is 4.90 Å². The molecule has 0 saturated heterocycles. The van der Waals surface area contributed by atoms with Gasteiger partial charge in [-0.05, 0) is 32.6 Å². The van der Waals surface area contributed by atoms with Crippen molar-refractivity contribution in [1.82, 2.24) is 9.91 Å². The summed E-state index contributed by atoms with van der Waals surface area (Å²) in [6.07, 6.45) is 3.73. The Morgan fingerprint density at radius 1 is 1.36 bits per heavy atom. The Labute approximate surface area is 86.0 Å². The van der Waals surface area contributed by atoms with Crippen LogP contribution in [0.3, 0.4) is 0 Å². The molecule has 82 valence electrons. The van der Waals surface area contributed by atoms with E-state index in [9.17, 15) is 4.79 Å². The highest BCUT2D eigenvalue weighted by atomic mass is 16.2. The fourth-order valence-corrected chi connectivity index (χ4v) is 1.71. The van der Waals surface area contributed by atoms with Gasteiger partial charge in [0.25, 0.3) is 0 Å². The first-order chi connectivity index (χ1) is 6.69. The predicted molar refractivity (Wildman–Crippen MR) is 56.6 cm³/mol. The smallest absolute Gasteiger partial charge is 0.324 e. The van der Waals surface area contributed by atoms with Gasteiger partial charge in [0.05, 0.1) is 0 Å². The second-order valence-electron chi connectivity index (χ2n) is 3.90. The third kappa shape index (κ3) is 2.61. The molecule has 1 aliphatic rings. The van der Waals surface area contributed by atoms with E-state index < -0.39 is 0 Å². The van der Waals surface area contributed by atoms with Gasteiger partial charge in [-0.1, -0.05) is 6.42 Å². The number of hydrogen-bond acceptors (Lipinski definition) is 2. The van der Waals surface area contributed by atoms with Crippen LogP contribution < -0.4 is 5.84 Å². The molecule has 2 N–H and O–H groups in total. The molecule has 0 bridgehead atoms. The lowest BCUT2D eigenvalue weighted by molar-refractivity contribution is 0.136. The van der Waals surface area contributed by atoms with Crippen molar-refractivity contribution in [3.05, 3.63) is 0 Å². The maximum Gasteiger partial charge on any atom is 0.334 e. The maximum absolute atomic E-state index is 11.7. The van der Waals surface area contributed by atoms with Crippen LogP contribution in [0.15, 0.2) is 0 Å². The van der Waals surface area contributed by atoms with Crippen molar-refractivity contribution in [2.24, 2.45) is 11.8 Å². The molecule has 0 spiro atoms. The van der Waals surface area contributed by atoms with E-state index in [1.807, 2.05) is 13.8 Å². The van der Waals surface area contributed by atoms with E-state index in [-0.39, 0.29) is 6.03 Å². The lowest BCUT2D eigenvalue weighted by Crippen LogP contribution is -2.49. The molecule has 1 aliphatic carbocycles. The zero-order valence-electron chi connectivity index (χ0n) is 9.20. The van der Waals surface area contributed by atoms with Crippen LogP contribution in [0.2, 0.25) is 0 Å². The van der Waals surface area contributed by atoms with Crippen LogP contribution in [-0.2, 0) is 0 Å². The second kappa shape index (κ2) is 5.20. The van der Waals surface area contributed by atoms with Crippen LogP contribution in [0.4, 0.5) is 4.79 Å². The van der Waals surface area contributed by atoms with Gasteiger partial charge in [0, 0.05) is 19.6 Å². The third-order valence-electron chi connectivity index (χ3n) is 2.96. The first-order valence-electron chi connectivity index (χ1n) is 5.50.